The van der Waals surface area contributed by atoms with Crippen LogP contribution in [0.2, 0.25) is 0 Å². The topological polar surface area (TPSA) is 49.4 Å². The molecule has 1 N–H and O–H groups in total. The van der Waals surface area contributed by atoms with Gasteiger partial charge in [0, 0.05) is 19.6 Å². The second kappa shape index (κ2) is 6.71. The van der Waals surface area contributed by atoms with Gasteiger partial charge in [-0.1, -0.05) is 13.8 Å². The normalized spacial score (nSPS) is 23.7. The third kappa shape index (κ3) is 6.38. The monoisotopic (exact) mass is 262 g/mol. The lowest BCUT2D eigenvalue weighted by Crippen LogP contribution is -2.34. The Hall–Kier alpha value is -0.130. The predicted molar refractivity (Wildman–Crippen MR) is 72.0 cm³/mol. The van der Waals surface area contributed by atoms with Crippen LogP contribution in [-0.4, -0.2) is 58.1 Å². The highest BCUT2D eigenvalue weighted by Gasteiger charge is 2.28. The van der Waals surface area contributed by atoms with Crippen molar-refractivity contribution < 1.29 is 8.42 Å². The van der Waals surface area contributed by atoms with Gasteiger partial charge in [-0.05, 0) is 31.8 Å². The zero-order valence-corrected chi connectivity index (χ0v) is 12.1. The summed E-state index contributed by atoms with van der Waals surface area (Å²) in [4.78, 5) is 2.23. The number of rotatable bonds is 7. The van der Waals surface area contributed by atoms with Crippen molar-refractivity contribution in [3.8, 4) is 0 Å². The van der Waals surface area contributed by atoms with Crippen LogP contribution in [0.25, 0.3) is 0 Å². The standard InChI is InChI=1S/C12H26N2O2S/c1-11(2)8-13-5-6-14(3)9-12-4-7-17(15,16)10-12/h11-13H,4-10H2,1-3H3. The van der Waals surface area contributed by atoms with E-state index in [1.165, 1.54) is 0 Å². The van der Waals surface area contributed by atoms with Gasteiger partial charge in [0.25, 0.3) is 0 Å². The predicted octanol–water partition coefficient (Wildman–Crippen LogP) is 0.599. The second-order valence-corrected chi connectivity index (χ2v) is 7.86. The SMILES string of the molecule is CC(C)CNCCN(C)CC1CCS(=O)(=O)C1. The van der Waals surface area contributed by atoms with Crippen molar-refractivity contribution in [2.45, 2.75) is 20.3 Å². The van der Waals surface area contributed by atoms with Gasteiger partial charge < -0.3 is 10.2 Å². The van der Waals surface area contributed by atoms with Gasteiger partial charge in [-0.15, -0.1) is 0 Å². The highest BCUT2D eigenvalue weighted by atomic mass is 32.2. The minimum Gasteiger partial charge on any atom is -0.315 e. The fourth-order valence-electron chi connectivity index (χ4n) is 2.21. The first-order valence-corrected chi connectivity index (χ1v) is 8.31. The summed E-state index contributed by atoms with van der Waals surface area (Å²) in [5.41, 5.74) is 0. The Kier molecular flexibility index (Phi) is 5.89. The summed E-state index contributed by atoms with van der Waals surface area (Å²) in [5.74, 6) is 1.80. The van der Waals surface area contributed by atoms with Crippen molar-refractivity contribution in [1.82, 2.24) is 10.2 Å². The quantitative estimate of drug-likeness (QED) is 0.683. The van der Waals surface area contributed by atoms with Crippen LogP contribution in [0.5, 0.6) is 0 Å². The molecule has 0 saturated carbocycles. The molecule has 0 aromatic heterocycles. The lowest BCUT2D eigenvalue weighted by atomic mass is 10.1. The summed E-state index contributed by atoms with van der Waals surface area (Å²) >= 11 is 0. The maximum Gasteiger partial charge on any atom is 0.150 e. The summed E-state index contributed by atoms with van der Waals surface area (Å²) < 4.78 is 22.7. The van der Waals surface area contributed by atoms with E-state index in [0.29, 0.717) is 23.3 Å². The molecule has 1 heterocycles. The molecule has 5 heteroatoms. The van der Waals surface area contributed by atoms with Gasteiger partial charge >= 0.3 is 0 Å². The van der Waals surface area contributed by atoms with Crippen LogP contribution < -0.4 is 5.32 Å². The average molecular weight is 262 g/mol. The molecule has 1 unspecified atom stereocenters. The Balaban J connectivity index is 2.11. The molecule has 4 nitrogen and oxygen atoms in total. The molecule has 0 bridgehead atoms. The summed E-state index contributed by atoms with van der Waals surface area (Å²) in [6.45, 7) is 8.31. The fourth-order valence-corrected chi connectivity index (χ4v) is 4.06. The van der Waals surface area contributed by atoms with E-state index in [-0.39, 0.29) is 0 Å². The van der Waals surface area contributed by atoms with Gasteiger partial charge in [0.1, 0.15) is 0 Å². The smallest absolute Gasteiger partial charge is 0.150 e. The molecule has 1 atom stereocenters. The fraction of sp³-hybridized carbons (Fsp3) is 1.00. The van der Waals surface area contributed by atoms with Gasteiger partial charge in [-0.25, -0.2) is 8.42 Å². The van der Waals surface area contributed by atoms with Crippen LogP contribution in [0.1, 0.15) is 20.3 Å². The van der Waals surface area contributed by atoms with Crippen LogP contribution in [0.15, 0.2) is 0 Å². The highest BCUT2D eigenvalue weighted by Crippen LogP contribution is 2.18. The lowest BCUT2D eigenvalue weighted by molar-refractivity contribution is 0.286. The summed E-state index contributed by atoms with van der Waals surface area (Å²) in [6.07, 6.45) is 0.839. The molecule has 1 fully saturated rings. The van der Waals surface area contributed by atoms with E-state index in [1.54, 1.807) is 0 Å². The first-order valence-electron chi connectivity index (χ1n) is 6.49. The first kappa shape index (κ1) is 14.9. The van der Waals surface area contributed by atoms with Crippen LogP contribution in [0.3, 0.4) is 0 Å². The number of likely N-dealkylation sites (N-methyl/N-ethyl adjacent to an activating group) is 1. The molecule has 0 radical (unpaired) electrons. The van der Waals surface area contributed by atoms with E-state index < -0.39 is 9.84 Å². The first-order chi connectivity index (χ1) is 7.89. The second-order valence-electron chi connectivity index (χ2n) is 5.63. The highest BCUT2D eigenvalue weighted by molar-refractivity contribution is 7.91. The van der Waals surface area contributed by atoms with E-state index in [4.69, 9.17) is 0 Å². The van der Waals surface area contributed by atoms with Crippen molar-refractivity contribution in [2.24, 2.45) is 11.8 Å². The third-order valence-corrected chi connectivity index (χ3v) is 4.96. The number of hydrogen-bond acceptors (Lipinski definition) is 4. The van der Waals surface area contributed by atoms with E-state index in [2.05, 4.69) is 31.1 Å². The van der Waals surface area contributed by atoms with Gasteiger partial charge in [-0.3, -0.25) is 0 Å². The van der Waals surface area contributed by atoms with Crippen LogP contribution in [0.4, 0.5) is 0 Å². The molecule has 0 amide bonds. The van der Waals surface area contributed by atoms with Crippen molar-refractivity contribution in [1.29, 1.82) is 0 Å². The maximum absolute atomic E-state index is 11.3. The number of sulfone groups is 1. The van der Waals surface area contributed by atoms with E-state index in [9.17, 15) is 8.42 Å². The maximum atomic E-state index is 11.3. The molecule has 0 aromatic carbocycles. The minimum atomic E-state index is -2.72. The number of nitrogens with one attached hydrogen (secondary N) is 1. The van der Waals surface area contributed by atoms with E-state index >= 15 is 0 Å². The third-order valence-electron chi connectivity index (χ3n) is 3.12. The van der Waals surface area contributed by atoms with Crippen molar-refractivity contribution >= 4 is 9.84 Å². The molecule has 102 valence electrons. The van der Waals surface area contributed by atoms with Gasteiger partial charge in [-0.2, -0.15) is 0 Å². The summed E-state index contributed by atoms with van der Waals surface area (Å²) in [6, 6.07) is 0. The average Bonchev–Trinajstić information content (AvgIpc) is 2.52. The zero-order chi connectivity index (χ0) is 12.9. The Morgan fingerprint density at radius 1 is 1.41 bits per heavy atom. The van der Waals surface area contributed by atoms with Crippen molar-refractivity contribution in [3.63, 3.8) is 0 Å². The minimum absolute atomic E-state index is 0.343. The molecule has 1 saturated heterocycles. The Labute approximate surface area is 106 Å². The Morgan fingerprint density at radius 2 is 2.12 bits per heavy atom. The molecule has 0 spiro atoms. The van der Waals surface area contributed by atoms with Crippen molar-refractivity contribution in [3.05, 3.63) is 0 Å². The Bertz CT molecular complexity index is 314. The van der Waals surface area contributed by atoms with Crippen molar-refractivity contribution in [2.75, 3.05) is 44.7 Å². The van der Waals surface area contributed by atoms with Crippen LogP contribution in [0, 0.1) is 11.8 Å². The van der Waals surface area contributed by atoms with Gasteiger partial charge in [0.05, 0.1) is 11.5 Å². The number of hydrogen-bond donors (Lipinski definition) is 1. The van der Waals surface area contributed by atoms with Crippen LogP contribution >= 0.6 is 0 Å². The van der Waals surface area contributed by atoms with E-state index in [0.717, 1.165) is 32.6 Å². The molecule has 0 aliphatic carbocycles. The van der Waals surface area contributed by atoms with Crippen LogP contribution in [-0.2, 0) is 9.84 Å². The molecule has 0 aromatic rings. The largest absolute Gasteiger partial charge is 0.315 e. The molecule has 1 rings (SSSR count). The molecular weight excluding hydrogens is 236 g/mol. The molecule has 1 aliphatic heterocycles. The molecular formula is C12H26N2O2S. The zero-order valence-electron chi connectivity index (χ0n) is 11.3. The summed E-state index contributed by atoms with van der Waals surface area (Å²) in [7, 11) is -0.648. The van der Waals surface area contributed by atoms with E-state index in [1.807, 2.05) is 0 Å². The van der Waals surface area contributed by atoms with Gasteiger partial charge in [0.15, 0.2) is 9.84 Å². The number of nitrogens with zero attached hydrogens (tertiary/aromatic N) is 1. The molecule has 17 heavy (non-hydrogen) atoms. The summed E-state index contributed by atoms with van der Waals surface area (Å²) in [5, 5.41) is 3.40. The Morgan fingerprint density at radius 3 is 2.65 bits per heavy atom. The molecule has 1 aliphatic rings. The van der Waals surface area contributed by atoms with Gasteiger partial charge in [0.2, 0.25) is 0 Å². The lowest BCUT2D eigenvalue weighted by Gasteiger charge is -2.20.